The Hall–Kier alpha value is -2.47. The molecular weight excluding hydrogens is 326 g/mol. The minimum Gasteiger partial charge on any atom is -0.435 e. The highest BCUT2D eigenvalue weighted by atomic mass is 19.3. The van der Waals surface area contributed by atoms with E-state index in [-0.39, 0.29) is 23.5 Å². The van der Waals surface area contributed by atoms with Crippen LogP contribution in [-0.2, 0) is 0 Å². The van der Waals surface area contributed by atoms with Crippen molar-refractivity contribution >= 4 is 5.91 Å². The van der Waals surface area contributed by atoms with E-state index in [4.69, 9.17) is 5.73 Å². The molecular formula is C19H20F2N2O2. The minimum atomic E-state index is -2.88. The molecule has 2 N–H and O–H groups in total. The molecule has 1 heterocycles. The topological polar surface area (TPSA) is 55.6 Å². The van der Waals surface area contributed by atoms with E-state index in [0.717, 1.165) is 0 Å². The standard InChI is InChI=1S/C19H20F2N2O2/c20-19(21)25-16-8-6-14(7-9-16)18(24)23-11-15(10-22)17(12-23)13-4-2-1-3-5-13/h1-9,15,17,19H,10-12,22H2/t15-,17+/m1/s1. The van der Waals surface area contributed by atoms with Crippen molar-refractivity contribution in [2.45, 2.75) is 12.5 Å². The normalized spacial score (nSPS) is 20.1. The lowest BCUT2D eigenvalue weighted by molar-refractivity contribution is -0.0498. The second-order valence-corrected chi connectivity index (χ2v) is 6.13. The molecule has 0 radical (unpaired) electrons. The van der Waals surface area contributed by atoms with Crippen LogP contribution in [0.1, 0.15) is 21.8 Å². The molecule has 4 nitrogen and oxygen atoms in total. The predicted molar refractivity (Wildman–Crippen MR) is 90.7 cm³/mol. The Kier molecular flexibility index (Phi) is 5.28. The number of hydrogen-bond donors (Lipinski definition) is 1. The maximum Gasteiger partial charge on any atom is 0.387 e. The molecule has 0 unspecified atom stereocenters. The van der Waals surface area contributed by atoms with E-state index >= 15 is 0 Å². The van der Waals surface area contributed by atoms with Crippen molar-refractivity contribution in [3.63, 3.8) is 0 Å². The van der Waals surface area contributed by atoms with Crippen LogP contribution in [0.2, 0.25) is 0 Å². The molecule has 1 amide bonds. The number of benzene rings is 2. The van der Waals surface area contributed by atoms with E-state index < -0.39 is 6.61 Å². The molecule has 0 aliphatic carbocycles. The Morgan fingerprint density at radius 1 is 1.12 bits per heavy atom. The monoisotopic (exact) mass is 346 g/mol. The molecule has 0 aromatic heterocycles. The molecule has 2 aromatic rings. The van der Waals surface area contributed by atoms with Gasteiger partial charge < -0.3 is 15.4 Å². The summed E-state index contributed by atoms with van der Waals surface area (Å²) in [6.07, 6.45) is 0. The maximum absolute atomic E-state index is 12.7. The van der Waals surface area contributed by atoms with Crippen molar-refractivity contribution in [2.75, 3.05) is 19.6 Å². The van der Waals surface area contributed by atoms with Crippen molar-refractivity contribution in [3.8, 4) is 5.75 Å². The Bertz CT molecular complexity index is 707. The van der Waals surface area contributed by atoms with E-state index in [9.17, 15) is 13.6 Å². The lowest BCUT2D eigenvalue weighted by Gasteiger charge is -2.17. The summed E-state index contributed by atoms with van der Waals surface area (Å²) in [6, 6.07) is 15.8. The first-order valence-electron chi connectivity index (χ1n) is 8.17. The lowest BCUT2D eigenvalue weighted by Crippen LogP contribution is -2.29. The number of ether oxygens (including phenoxy) is 1. The van der Waals surface area contributed by atoms with E-state index in [0.29, 0.717) is 25.2 Å². The third-order valence-electron chi connectivity index (χ3n) is 4.59. The van der Waals surface area contributed by atoms with Crippen molar-refractivity contribution in [1.82, 2.24) is 4.90 Å². The van der Waals surface area contributed by atoms with Gasteiger partial charge in [-0.15, -0.1) is 0 Å². The van der Waals surface area contributed by atoms with E-state index in [1.165, 1.54) is 29.8 Å². The Morgan fingerprint density at radius 2 is 1.80 bits per heavy atom. The second-order valence-electron chi connectivity index (χ2n) is 6.13. The fourth-order valence-corrected chi connectivity index (χ4v) is 3.32. The summed E-state index contributed by atoms with van der Waals surface area (Å²) in [6.45, 7) is -1.19. The fraction of sp³-hybridized carbons (Fsp3) is 0.316. The number of nitrogens with two attached hydrogens (primary N) is 1. The van der Waals surface area contributed by atoms with E-state index in [2.05, 4.69) is 16.9 Å². The number of likely N-dealkylation sites (tertiary alicyclic amines) is 1. The molecule has 132 valence electrons. The summed E-state index contributed by atoms with van der Waals surface area (Å²) >= 11 is 0. The number of carbonyl (C=O) groups is 1. The van der Waals surface area contributed by atoms with Gasteiger partial charge in [0.1, 0.15) is 5.75 Å². The average molecular weight is 346 g/mol. The molecule has 2 aromatic carbocycles. The van der Waals surface area contributed by atoms with Crippen molar-refractivity contribution in [2.24, 2.45) is 11.7 Å². The molecule has 0 spiro atoms. The van der Waals surface area contributed by atoms with Crippen LogP contribution in [0.25, 0.3) is 0 Å². The number of hydrogen-bond acceptors (Lipinski definition) is 3. The van der Waals surface area contributed by atoms with Crippen molar-refractivity contribution in [3.05, 3.63) is 65.7 Å². The van der Waals surface area contributed by atoms with Gasteiger partial charge in [-0.1, -0.05) is 30.3 Å². The molecule has 1 fully saturated rings. The van der Waals surface area contributed by atoms with Gasteiger partial charge in [0.15, 0.2) is 0 Å². The molecule has 3 rings (SSSR count). The molecule has 6 heteroatoms. The molecule has 1 aliphatic heterocycles. The number of alkyl halides is 2. The zero-order valence-corrected chi connectivity index (χ0v) is 13.6. The Labute approximate surface area is 145 Å². The molecule has 2 atom stereocenters. The zero-order chi connectivity index (χ0) is 17.8. The second kappa shape index (κ2) is 7.61. The fourth-order valence-electron chi connectivity index (χ4n) is 3.32. The SMILES string of the molecule is NC[C@@H]1CN(C(=O)c2ccc(OC(F)F)cc2)C[C@H]1c1ccccc1. The highest BCUT2D eigenvalue weighted by Gasteiger charge is 2.35. The van der Waals surface area contributed by atoms with Gasteiger partial charge in [-0.3, -0.25) is 4.79 Å². The van der Waals surface area contributed by atoms with Crippen molar-refractivity contribution in [1.29, 1.82) is 0 Å². The lowest BCUT2D eigenvalue weighted by atomic mass is 9.89. The minimum absolute atomic E-state index is 0.0370. The van der Waals surface area contributed by atoms with Gasteiger partial charge in [0, 0.05) is 24.6 Å². The summed E-state index contributed by atoms with van der Waals surface area (Å²) in [4.78, 5) is 14.5. The highest BCUT2D eigenvalue weighted by Crippen LogP contribution is 2.33. The van der Waals surface area contributed by atoms with Gasteiger partial charge >= 0.3 is 6.61 Å². The van der Waals surface area contributed by atoms with Gasteiger partial charge in [-0.05, 0) is 42.3 Å². The number of nitrogens with zero attached hydrogens (tertiary/aromatic N) is 1. The first-order valence-corrected chi connectivity index (χ1v) is 8.17. The number of carbonyl (C=O) groups excluding carboxylic acids is 1. The smallest absolute Gasteiger partial charge is 0.387 e. The highest BCUT2D eigenvalue weighted by molar-refractivity contribution is 5.94. The molecule has 0 saturated carbocycles. The average Bonchev–Trinajstić information content (AvgIpc) is 3.06. The van der Waals surface area contributed by atoms with Gasteiger partial charge in [0.25, 0.3) is 5.91 Å². The first-order chi connectivity index (χ1) is 12.1. The summed E-state index contributed by atoms with van der Waals surface area (Å²) in [7, 11) is 0. The number of amides is 1. The van der Waals surface area contributed by atoms with Crippen LogP contribution in [0.3, 0.4) is 0 Å². The number of halogens is 2. The van der Waals surface area contributed by atoms with Crippen molar-refractivity contribution < 1.29 is 18.3 Å². The quantitative estimate of drug-likeness (QED) is 0.905. The van der Waals surface area contributed by atoms with Crippen LogP contribution in [0.5, 0.6) is 5.75 Å². The van der Waals surface area contributed by atoms with Crippen LogP contribution in [0.15, 0.2) is 54.6 Å². The molecule has 1 aliphatic rings. The third kappa shape index (κ3) is 3.96. The summed E-state index contributed by atoms with van der Waals surface area (Å²) in [5.41, 5.74) is 7.53. The third-order valence-corrected chi connectivity index (χ3v) is 4.59. The van der Waals surface area contributed by atoms with Crippen LogP contribution >= 0.6 is 0 Å². The van der Waals surface area contributed by atoms with Gasteiger partial charge in [-0.25, -0.2) is 0 Å². The van der Waals surface area contributed by atoms with Crippen LogP contribution < -0.4 is 10.5 Å². The Morgan fingerprint density at radius 3 is 2.40 bits per heavy atom. The summed E-state index contributed by atoms with van der Waals surface area (Å²) < 4.78 is 28.7. The van der Waals surface area contributed by atoms with Crippen LogP contribution in [0.4, 0.5) is 8.78 Å². The summed E-state index contributed by atoms with van der Waals surface area (Å²) in [5, 5.41) is 0. The van der Waals surface area contributed by atoms with E-state index in [1.807, 2.05) is 18.2 Å². The first kappa shape index (κ1) is 17.4. The number of rotatable bonds is 5. The Balaban J connectivity index is 1.72. The van der Waals surface area contributed by atoms with Gasteiger partial charge in [0.2, 0.25) is 0 Å². The van der Waals surface area contributed by atoms with Gasteiger partial charge in [0.05, 0.1) is 0 Å². The van der Waals surface area contributed by atoms with Crippen LogP contribution in [0, 0.1) is 5.92 Å². The summed E-state index contributed by atoms with van der Waals surface area (Å²) in [5.74, 6) is 0.319. The van der Waals surface area contributed by atoms with Gasteiger partial charge in [-0.2, -0.15) is 8.78 Å². The molecule has 25 heavy (non-hydrogen) atoms. The predicted octanol–water partition coefficient (Wildman–Crippen LogP) is 3.10. The molecule has 0 bridgehead atoms. The zero-order valence-electron chi connectivity index (χ0n) is 13.6. The van der Waals surface area contributed by atoms with E-state index in [1.54, 1.807) is 4.90 Å². The van der Waals surface area contributed by atoms with Crippen LogP contribution in [-0.4, -0.2) is 37.1 Å². The molecule has 1 saturated heterocycles. The maximum atomic E-state index is 12.7. The largest absolute Gasteiger partial charge is 0.435 e.